The zero-order valence-electron chi connectivity index (χ0n) is 7.16. The number of nitrogens with zero attached hydrogens (tertiary/aromatic N) is 1. The molecular weight excluding hydrogens is 163 g/mol. The largest absolute Gasteiger partial charge is 0.494 e. The third kappa shape index (κ3) is 1.66. The number of hydrogen-bond acceptors (Lipinski definition) is 2. The van der Waals surface area contributed by atoms with Crippen molar-refractivity contribution in [3.05, 3.63) is 24.4 Å². The van der Waals surface area contributed by atoms with Crippen LogP contribution in [0.1, 0.15) is 0 Å². The normalized spacial score (nSPS) is 10.5. The fourth-order valence-electron chi connectivity index (χ4n) is 1.19. The second-order valence-electron chi connectivity index (χ2n) is 2.76. The maximum atomic E-state index is 5.37. The average molecular weight is 172 g/mol. The van der Waals surface area contributed by atoms with E-state index >= 15 is 0 Å². The van der Waals surface area contributed by atoms with Crippen LogP contribution in [-0.2, 0) is 0 Å². The van der Waals surface area contributed by atoms with Gasteiger partial charge < -0.3 is 4.74 Å². The Morgan fingerprint density at radius 3 is 3.23 bits per heavy atom. The predicted octanol–water partition coefficient (Wildman–Crippen LogP) is 1.53. The lowest BCUT2D eigenvalue weighted by Gasteiger charge is -2.03. The van der Waals surface area contributed by atoms with E-state index in [4.69, 9.17) is 12.6 Å². The van der Waals surface area contributed by atoms with Gasteiger partial charge in [0.25, 0.3) is 0 Å². The molecule has 2 radical (unpaired) electrons. The molecular formula is C9H9BN2O. The molecule has 0 spiro atoms. The lowest BCUT2D eigenvalue weighted by atomic mass is 10.1. The quantitative estimate of drug-likeness (QED) is 0.712. The molecule has 0 aliphatic rings. The fourth-order valence-corrected chi connectivity index (χ4v) is 1.19. The van der Waals surface area contributed by atoms with Gasteiger partial charge in [-0.15, -0.1) is 0 Å². The van der Waals surface area contributed by atoms with Gasteiger partial charge in [-0.1, -0.05) is 6.32 Å². The summed E-state index contributed by atoms with van der Waals surface area (Å²) < 4.78 is 5.37. The van der Waals surface area contributed by atoms with Crippen LogP contribution < -0.4 is 4.74 Å². The first-order chi connectivity index (χ1) is 6.40. The van der Waals surface area contributed by atoms with Crippen LogP contribution >= 0.6 is 0 Å². The van der Waals surface area contributed by atoms with Crippen LogP contribution in [0.3, 0.4) is 0 Å². The van der Waals surface area contributed by atoms with Crippen LogP contribution in [0.4, 0.5) is 0 Å². The molecule has 2 aromatic rings. The summed E-state index contributed by atoms with van der Waals surface area (Å²) in [6, 6.07) is 5.78. The SMILES string of the molecule is [B]CCOc1ccc2[nH]ncc2c1. The van der Waals surface area contributed by atoms with E-state index < -0.39 is 0 Å². The van der Waals surface area contributed by atoms with Crippen LogP contribution in [0.5, 0.6) is 5.75 Å². The summed E-state index contributed by atoms with van der Waals surface area (Å²) >= 11 is 0. The van der Waals surface area contributed by atoms with Crippen molar-refractivity contribution in [3.8, 4) is 5.75 Å². The monoisotopic (exact) mass is 172 g/mol. The maximum Gasteiger partial charge on any atom is 0.120 e. The molecule has 0 saturated heterocycles. The number of benzene rings is 1. The first-order valence-electron chi connectivity index (χ1n) is 4.16. The first-order valence-corrected chi connectivity index (χ1v) is 4.16. The Morgan fingerprint density at radius 2 is 2.38 bits per heavy atom. The topological polar surface area (TPSA) is 37.9 Å². The number of H-pyrrole nitrogens is 1. The van der Waals surface area contributed by atoms with Crippen LogP contribution in [0.15, 0.2) is 24.4 Å². The lowest BCUT2D eigenvalue weighted by Crippen LogP contribution is -1.95. The van der Waals surface area contributed by atoms with Crippen molar-refractivity contribution in [3.63, 3.8) is 0 Å². The first kappa shape index (κ1) is 8.17. The highest BCUT2D eigenvalue weighted by molar-refractivity contribution is 6.08. The van der Waals surface area contributed by atoms with E-state index in [-0.39, 0.29) is 0 Å². The Bertz CT molecular complexity index is 399. The van der Waals surface area contributed by atoms with Crippen molar-refractivity contribution in [1.82, 2.24) is 10.2 Å². The average Bonchev–Trinajstić information content (AvgIpc) is 2.61. The van der Waals surface area contributed by atoms with Crippen LogP contribution in [0.25, 0.3) is 10.9 Å². The van der Waals surface area contributed by atoms with Gasteiger partial charge >= 0.3 is 0 Å². The Morgan fingerprint density at radius 1 is 1.46 bits per heavy atom. The molecule has 0 amide bonds. The summed E-state index contributed by atoms with van der Waals surface area (Å²) in [5.74, 6) is 0.833. The van der Waals surface area contributed by atoms with Crippen molar-refractivity contribution >= 4 is 18.7 Å². The minimum absolute atomic E-state index is 0.531. The minimum Gasteiger partial charge on any atom is -0.494 e. The molecule has 1 aromatic heterocycles. The maximum absolute atomic E-state index is 5.37. The lowest BCUT2D eigenvalue weighted by molar-refractivity contribution is 0.341. The molecule has 1 heterocycles. The van der Waals surface area contributed by atoms with Gasteiger partial charge in [0.2, 0.25) is 0 Å². The van der Waals surface area contributed by atoms with Gasteiger partial charge in [0.05, 0.1) is 26.2 Å². The Balaban J connectivity index is 2.26. The fraction of sp³-hybridized carbons (Fsp3) is 0.222. The summed E-state index contributed by atoms with van der Waals surface area (Å²) in [7, 11) is 5.33. The van der Waals surface area contributed by atoms with Gasteiger partial charge in [-0.25, -0.2) is 0 Å². The highest BCUT2D eigenvalue weighted by Gasteiger charge is 1.97. The molecule has 0 aliphatic carbocycles. The molecule has 0 unspecified atom stereocenters. The summed E-state index contributed by atoms with van der Waals surface area (Å²) in [6.45, 7) is 0.545. The van der Waals surface area contributed by atoms with Gasteiger partial charge in [0.15, 0.2) is 0 Å². The third-order valence-corrected chi connectivity index (χ3v) is 1.80. The molecule has 3 nitrogen and oxygen atoms in total. The van der Waals surface area contributed by atoms with Gasteiger partial charge in [0, 0.05) is 5.39 Å². The summed E-state index contributed by atoms with van der Waals surface area (Å²) in [5.41, 5.74) is 1.01. The summed E-state index contributed by atoms with van der Waals surface area (Å²) in [5, 5.41) is 7.84. The Kier molecular flexibility index (Phi) is 2.21. The number of rotatable bonds is 3. The van der Waals surface area contributed by atoms with Crippen molar-refractivity contribution in [2.45, 2.75) is 6.32 Å². The zero-order valence-corrected chi connectivity index (χ0v) is 7.16. The van der Waals surface area contributed by atoms with Crippen molar-refractivity contribution < 1.29 is 4.74 Å². The van der Waals surface area contributed by atoms with Crippen LogP contribution in [0, 0.1) is 0 Å². The molecule has 13 heavy (non-hydrogen) atoms. The molecule has 2 rings (SSSR count). The number of aromatic amines is 1. The van der Waals surface area contributed by atoms with Gasteiger partial charge in [-0.05, 0) is 18.2 Å². The number of aromatic nitrogens is 2. The van der Waals surface area contributed by atoms with Crippen molar-refractivity contribution in [2.75, 3.05) is 6.61 Å². The van der Waals surface area contributed by atoms with Crippen LogP contribution in [-0.4, -0.2) is 24.7 Å². The van der Waals surface area contributed by atoms with E-state index in [0.29, 0.717) is 12.9 Å². The smallest absolute Gasteiger partial charge is 0.120 e. The standard InChI is InChI=1S/C9H9BN2O/c10-3-4-13-8-1-2-9-7(5-8)6-11-12-9/h1-2,5-6H,3-4H2,(H,11,12). The highest BCUT2D eigenvalue weighted by atomic mass is 16.5. The molecule has 0 atom stereocenters. The second-order valence-corrected chi connectivity index (χ2v) is 2.76. The summed E-state index contributed by atoms with van der Waals surface area (Å²) in [6.07, 6.45) is 2.30. The van der Waals surface area contributed by atoms with E-state index in [0.717, 1.165) is 16.7 Å². The van der Waals surface area contributed by atoms with E-state index in [2.05, 4.69) is 10.2 Å². The van der Waals surface area contributed by atoms with E-state index in [1.54, 1.807) is 6.20 Å². The Hall–Kier alpha value is -1.45. The van der Waals surface area contributed by atoms with Gasteiger partial charge in [-0.3, -0.25) is 5.10 Å². The third-order valence-electron chi connectivity index (χ3n) is 1.80. The molecule has 0 aliphatic heterocycles. The molecule has 0 fully saturated rings. The molecule has 4 heteroatoms. The molecule has 1 aromatic carbocycles. The van der Waals surface area contributed by atoms with Gasteiger partial charge in [-0.2, -0.15) is 5.10 Å². The molecule has 0 saturated carbocycles. The molecule has 1 N–H and O–H groups in total. The number of ether oxygens (including phenoxy) is 1. The number of fused-ring (bicyclic) bond motifs is 1. The minimum atomic E-state index is 0.531. The van der Waals surface area contributed by atoms with Gasteiger partial charge in [0.1, 0.15) is 5.75 Å². The zero-order chi connectivity index (χ0) is 9.10. The molecule has 64 valence electrons. The van der Waals surface area contributed by atoms with E-state index in [9.17, 15) is 0 Å². The number of nitrogens with one attached hydrogen (secondary N) is 1. The second kappa shape index (κ2) is 3.52. The number of hydrogen-bond donors (Lipinski definition) is 1. The predicted molar refractivity (Wildman–Crippen MR) is 52.1 cm³/mol. The highest BCUT2D eigenvalue weighted by Crippen LogP contribution is 2.18. The van der Waals surface area contributed by atoms with E-state index in [1.165, 1.54) is 0 Å². The Labute approximate surface area is 77.5 Å². The van der Waals surface area contributed by atoms with Crippen molar-refractivity contribution in [2.24, 2.45) is 0 Å². The van der Waals surface area contributed by atoms with Crippen molar-refractivity contribution in [1.29, 1.82) is 0 Å². The van der Waals surface area contributed by atoms with Crippen LogP contribution in [0.2, 0.25) is 6.32 Å². The summed E-state index contributed by atoms with van der Waals surface area (Å²) in [4.78, 5) is 0. The van der Waals surface area contributed by atoms with E-state index in [1.807, 2.05) is 18.2 Å². The molecule has 0 bridgehead atoms.